The summed E-state index contributed by atoms with van der Waals surface area (Å²) in [6.07, 6.45) is 2.63. The van der Waals surface area contributed by atoms with Crippen molar-refractivity contribution in [2.75, 3.05) is 11.6 Å². The van der Waals surface area contributed by atoms with Crippen LogP contribution in [0.5, 0.6) is 0 Å². The number of anilines is 1. The zero-order valence-electron chi connectivity index (χ0n) is 11.3. The third kappa shape index (κ3) is 3.55. The molecule has 0 spiro atoms. The molecular weight excluding hydrogens is 254 g/mol. The SMILES string of the molecule is Cc1ccc(CCN(N)c2ccc(C(=O)O)cc2)cn1. The number of nitrogens with zero attached hydrogens (tertiary/aromatic N) is 2. The van der Waals surface area contributed by atoms with Crippen LogP contribution in [0.1, 0.15) is 21.6 Å². The highest BCUT2D eigenvalue weighted by molar-refractivity contribution is 5.88. The highest BCUT2D eigenvalue weighted by atomic mass is 16.4. The third-order valence-corrected chi connectivity index (χ3v) is 3.06. The Morgan fingerprint density at radius 2 is 1.95 bits per heavy atom. The maximum atomic E-state index is 10.8. The van der Waals surface area contributed by atoms with Gasteiger partial charge < -0.3 is 10.1 Å². The van der Waals surface area contributed by atoms with E-state index in [-0.39, 0.29) is 5.56 Å². The molecule has 5 heteroatoms. The molecule has 0 fully saturated rings. The number of carboxylic acids is 1. The summed E-state index contributed by atoms with van der Waals surface area (Å²) in [5.74, 6) is 5.03. The van der Waals surface area contributed by atoms with E-state index in [1.807, 2.05) is 25.3 Å². The van der Waals surface area contributed by atoms with E-state index in [0.717, 1.165) is 23.4 Å². The third-order valence-electron chi connectivity index (χ3n) is 3.06. The lowest BCUT2D eigenvalue weighted by Crippen LogP contribution is -2.32. The van der Waals surface area contributed by atoms with Crippen molar-refractivity contribution in [1.82, 2.24) is 4.98 Å². The molecule has 0 amide bonds. The van der Waals surface area contributed by atoms with E-state index in [2.05, 4.69) is 4.98 Å². The van der Waals surface area contributed by atoms with E-state index < -0.39 is 5.97 Å². The number of hydrazine groups is 1. The smallest absolute Gasteiger partial charge is 0.335 e. The Balaban J connectivity index is 1.95. The Kier molecular flexibility index (Phi) is 4.32. The average molecular weight is 271 g/mol. The molecule has 20 heavy (non-hydrogen) atoms. The zero-order chi connectivity index (χ0) is 14.5. The van der Waals surface area contributed by atoms with E-state index in [0.29, 0.717) is 6.54 Å². The van der Waals surface area contributed by atoms with Crippen LogP contribution in [0.25, 0.3) is 0 Å². The maximum Gasteiger partial charge on any atom is 0.335 e. The summed E-state index contributed by atoms with van der Waals surface area (Å²) in [4.78, 5) is 15.0. The number of hydrogen-bond donors (Lipinski definition) is 2. The van der Waals surface area contributed by atoms with Gasteiger partial charge in [0.1, 0.15) is 0 Å². The number of benzene rings is 1. The summed E-state index contributed by atoms with van der Waals surface area (Å²) in [7, 11) is 0. The lowest BCUT2D eigenvalue weighted by molar-refractivity contribution is 0.0697. The van der Waals surface area contributed by atoms with Crippen LogP contribution in [-0.2, 0) is 6.42 Å². The Morgan fingerprint density at radius 3 is 2.50 bits per heavy atom. The molecule has 1 aromatic carbocycles. The first-order chi connectivity index (χ1) is 9.56. The number of carboxylic acid groups (broad SMARTS) is 1. The topological polar surface area (TPSA) is 79.5 Å². The van der Waals surface area contributed by atoms with Crippen LogP contribution in [0.2, 0.25) is 0 Å². The zero-order valence-corrected chi connectivity index (χ0v) is 11.3. The van der Waals surface area contributed by atoms with Gasteiger partial charge in [-0.2, -0.15) is 0 Å². The average Bonchev–Trinajstić information content (AvgIpc) is 2.46. The summed E-state index contributed by atoms with van der Waals surface area (Å²) in [5, 5.41) is 10.4. The van der Waals surface area contributed by atoms with Crippen molar-refractivity contribution in [3.63, 3.8) is 0 Å². The number of pyridine rings is 1. The van der Waals surface area contributed by atoms with Crippen molar-refractivity contribution in [3.05, 3.63) is 59.4 Å². The number of aromatic carboxylic acids is 1. The van der Waals surface area contributed by atoms with Gasteiger partial charge in [-0.15, -0.1) is 0 Å². The van der Waals surface area contributed by atoms with Crippen molar-refractivity contribution in [2.24, 2.45) is 5.84 Å². The summed E-state index contributed by atoms with van der Waals surface area (Å²) in [6, 6.07) is 10.5. The first kappa shape index (κ1) is 14.0. The van der Waals surface area contributed by atoms with Crippen molar-refractivity contribution in [1.29, 1.82) is 0 Å². The first-order valence-electron chi connectivity index (χ1n) is 6.33. The first-order valence-corrected chi connectivity index (χ1v) is 6.33. The second-order valence-corrected chi connectivity index (χ2v) is 4.60. The number of rotatable bonds is 5. The number of nitrogens with two attached hydrogens (primary N) is 1. The van der Waals surface area contributed by atoms with E-state index in [4.69, 9.17) is 10.9 Å². The number of hydrogen-bond acceptors (Lipinski definition) is 4. The largest absolute Gasteiger partial charge is 0.478 e. The molecule has 1 aromatic heterocycles. The Bertz CT molecular complexity index is 579. The summed E-state index contributed by atoms with van der Waals surface area (Å²) in [5.41, 5.74) is 3.15. The van der Waals surface area contributed by atoms with E-state index in [9.17, 15) is 4.79 Å². The molecule has 0 atom stereocenters. The fourth-order valence-corrected chi connectivity index (χ4v) is 1.82. The molecule has 3 N–H and O–H groups in total. The fraction of sp³-hybridized carbons (Fsp3) is 0.200. The molecule has 0 saturated carbocycles. The van der Waals surface area contributed by atoms with Gasteiger partial charge in [-0.05, 0) is 49.2 Å². The van der Waals surface area contributed by atoms with Gasteiger partial charge in [0.15, 0.2) is 0 Å². The fourth-order valence-electron chi connectivity index (χ4n) is 1.82. The summed E-state index contributed by atoms with van der Waals surface area (Å²) >= 11 is 0. The lowest BCUT2D eigenvalue weighted by atomic mass is 10.1. The minimum absolute atomic E-state index is 0.255. The molecule has 104 valence electrons. The molecule has 1 heterocycles. The van der Waals surface area contributed by atoms with Gasteiger partial charge in [-0.25, -0.2) is 10.6 Å². The van der Waals surface area contributed by atoms with Crippen molar-refractivity contribution >= 4 is 11.7 Å². The number of aryl methyl sites for hydroxylation is 1. The van der Waals surface area contributed by atoms with Gasteiger partial charge >= 0.3 is 5.97 Å². The number of carbonyl (C=O) groups is 1. The van der Waals surface area contributed by atoms with Gasteiger partial charge in [0.05, 0.1) is 11.3 Å². The minimum Gasteiger partial charge on any atom is -0.478 e. The summed E-state index contributed by atoms with van der Waals surface area (Å²) < 4.78 is 0. The molecular formula is C15H17N3O2. The van der Waals surface area contributed by atoms with Crippen LogP contribution in [0.3, 0.4) is 0 Å². The van der Waals surface area contributed by atoms with Crippen molar-refractivity contribution < 1.29 is 9.90 Å². The van der Waals surface area contributed by atoms with Crippen molar-refractivity contribution in [2.45, 2.75) is 13.3 Å². The molecule has 0 aliphatic carbocycles. The lowest BCUT2D eigenvalue weighted by Gasteiger charge is -2.18. The molecule has 0 aliphatic heterocycles. The normalized spacial score (nSPS) is 10.3. The van der Waals surface area contributed by atoms with E-state index >= 15 is 0 Å². The highest BCUT2D eigenvalue weighted by Gasteiger charge is 2.05. The van der Waals surface area contributed by atoms with Crippen LogP contribution in [-0.4, -0.2) is 22.6 Å². The van der Waals surface area contributed by atoms with Gasteiger partial charge in [-0.3, -0.25) is 4.98 Å². The monoisotopic (exact) mass is 271 g/mol. The quantitative estimate of drug-likeness (QED) is 0.642. The van der Waals surface area contributed by atoms with Gasteiger partial charge in [0, 0.05) is 18.4 Å². The Labute approximate surface area is 117 Å². The molecule has 0 unspecified atom stereocenters. The molecule has 2 aromatic rings. The van der Waals surface area contributed by atoms with Crippen LogP contribution < -0.4 is 10.9 Å². The molecule has 0 saturated heterocycles. The minimum atomic E-state index is -0.939. The van der Waals surface area contributed by atoms with Crippen LogP contribution in [0.15, 0.2) is 42.6 Å². The summed E-state index contributed by atoms with van der Waals surface area (Å²) in [6.45, 7) is 2.58. The second kappa shape index (κ2) is 6.16. The van der Waals surface area contributed by atoms with Crippen LogP contribution in [0, 0.1) is 6.92 Å². The van der Waals surface area contributed by atoms with Crippen LogP contribution in [0.4, 0.5) is 5.69 Å². The predicted octanol–water partition coefficient (Wildman–Crippen LogP) is 2.01. The van der Waals surface area contributed by atoms with Gasteiger partial charge in [0.2, 0.25) is 0 Å². The molecule has 0 aliphatic rings. The maximum absolute atomic E-state index is 10.8. The van der Waals surface area contributed by atoms with Crippen molar-refractivity contribution in [3.8, 4) is 0 Å². The van der Waals surface area contributed by atoms with Gasteiger partial charge in [-0.1, -0.05) is 6.07 Å². The molecule has 2 rings (SSSR count). The predicted molar refractivity (Wildman–Crippen MR) is 77.6 cm³/mol. The standard InChI is InChI=1S/C15H17N3O2/c1-11-2-3-12(10-17-11)8-9-18(16)14-6-4-13(5-7-14)15(19)20/h2-7,10H,8-9,16H2,1H3,(H,19,20). The Hall–Kier alpha value is -2.40. The Morgan fingerprint density at radius 1 is 1.25 bits per heavy atom. The second-order valence-electron chi connectivity index (χ2n) is 4.60. The highest BCUT2D eigenvalue weighted by Crippen LogP contribution is 2.13. The van der Waals surface area contributed by atoms with E-state index in [1.165, 1.54) is 0 Å². The van der Waals surface area contributed by atoms with Gasteiger partial charge in [0.25, 0.3) is 0 Å². The van der Waals surface area contributed by atoms with Crippen LogP contribution >= 0.6 is 0 Å². The number of aromatic nitrogens is 1. The molecule has 0 bridgehead atoms. The molecule has 5 nitrogen and oxygen atoms in total. The van der Waals surface area contributed by atoms with E-state index in [1.54, 1.807) is 29.3 Å². The molecule has 0 radical (unpaired) electrons.